The molecule has 114 valence electrons. The summed E-state index contributed by atoms with van der Waals surface area (Å²) >= 11 is 0. The lowest BCUT2D eigenvalue weighted by Crippen LogP contribution is -2.40. The summed E-state index contributed by atoms with van der Waals surface area (Å²) in [5, 5.41) is 4.29. The summed E-state index contributed by atoms with van der Waals surface area (Å²) in [7, 11) is 0. The number of nitrogens with zero attached hydrogens (tertiary/aromatic N) is 1. The highest BCUT2D eigenvalue weighted by Gasteiger charge is 2.48. The Labute approximate surface area is 116 Å². The van der Waals surface area contributed by atoms with E-state index in [0.717, 1.165) is 0 Å². The number of hydrogen-bond acceptors (Lipinski definition) is 2. The average Bonchev–Trinajstić information content (AvgIpc) is 2.85. The smallest absolute Gasteiger partial charge is 0.336 e. The van der Waals surface area contributed by atoms with Crippen LogP contribution in [0.3, 0.4) is 0 Å². The molecule has 1 aromatic carbocycles. The first kappa shape index (κ1) is 15.1. The largest absolute Gasteiger partial charge is 0.383 e. The van der Waals surface area contributed by atoms with Crippen molar-refractivity contribution in [1.82, 2.24) is 5.32 Å². The van der Waals surface area contributed by atoms with Gasteiger partial charge in [-0.05, 0) is 24.3 Å². The van der Waals surface area contributed by atoms with Gasteiger partial charge in [0.05, 0.1) is 0 Å². The lowest BCUT2D eigenvalue weighted by atomic mass is 10.2. The molecule has 0 bridgehead atoms. The molecule has 21 heavy (non-hydrogen) atoms. The highest BCUT2D eigenvalue weighted by molar-refractivity contribution is 5.97. The molecule has 0 aliphatic carbocycles. The maximum atomic E-state index is 12.8. The molecule has 3 amide bonds. The molecule has 0 spiro atoms. The number of amides is 3. The van der Waals surface area contributed by atoms with Crippen molar-refractivity contribution in [3.63, 3.8) is 0 Å². The van der Waals surface area contributed by atoms with Crippen LogP contribution in [0.25, 0.3) is 0 Å². The van der Waals surface area contributed by atoms with Crippen LogP contribution in [-0.2, 0) is 4.79 Å². The number of anilines is 2. The van der Waals surface area contributed by atoms with E-state index in [2.05, 4.69) is 5.32 Å². The standard InChI is InChI=1S/C12H11F4N3O2/c13-9(14)12(15,16)10(20)18-7-1-3-8(4-2-7)19-6-5-17-11(19)21/h1-4,9H,5-6H2,(H,17,21)(H,18,20). The lowest BCUT2D eigenvalue weighted by molar-refractivity contribution is -0.163. The zero-order chi connectivity index (χ0) is 15.6. The highest BCUT2D eigenvalue weighted by Crippen LogP contribution is 2.25. The van der Waals surface area contributed by atoms with E-state index < -0.39 is 18.3 Å². The molecule has 9 heteroatoms. The van der Waals surface area contributed by atoms with E-state index in [9.17, 15) is 27.2 Å². The minimum absolute atomic E-state index is 0.0660. The maximum absolute atomic E-state index is 12.8. The minimum atomic E-state index is -4.76. The van der Waals surface area contributed by atoms with E-state index in [1.165, 1.54) is 29.2 Å². The average molecular weight is 305 g/mol. The normalized spacial score (nSPS) is 15.3. The van der Waals surface area contributed by atoms with Gasteiger partial charge in [0.2, 0.25) is 0 Å². The lowest BCUT2D eigenvalue weighted by Gasteiger charge is -2.16. The molecule has 1 heterocycles. The second kappa shape index (κ2) is 5.58. The van der Waals surface area contributed by atoms with Crippen LogP contribution in [0.15, 0.2) is 24.3 Å². The molecule has 0 aromatic heterocycles. The van der Waals surface area contributed by atoms with Crippen molar-refractivity contribution in [2.45, 2.75) is 12.3 Å². The van der Waals surface area contributed by atoms with E-state index in [-0.39, 0.29) is 11.7 Å². The Morgan fingerprint density at radius 3 is 2.38 bits per heavy atom. The van der Waals surface area contributed by atoms with Crippen LogP contribution in [0.2, 0.25) is 0 Å². The van der Waals surface area contributed by atoms with Gasteiger partial charge in [0, 0.05) is 24.5 Å². The molecule has 2 rings (SSSR count). The highest BCUT2D eigenvalue weighted by atomic mass is 19.3. The van der Waals surface area contributed by atoms with Gasteiger partial charge < -0.3 is 10.6 Å². The van der Waals surface area contributed by atoms with Crippen LogP contribution in [0.5, 0.6) is 0 Å². The monoisotopic (exact) mass is 305 g/mol. The summed E-state index contributed by atoms with van der Waals surface area (Å²) in [6.45, 7) is 0.936. The zero-order valence-corrected chi connectivity index (χ0v) is 10.6. The van der Waals surface area contributed by atoms with Crippen LogP contribution >= 0.6 is 0 Å². The summed E-state index contributed by atoms with van der Waals surface area (Å²) in [5.41, 5.74) is 0.437. The van der Waals surface area contributed by atoms with Crippen LogP contribution < -0.4 is 15.5 Å². The number of rotatable bonds is 4. The van der Waals surface area contributed by atoms with Gasteiger partial charge in [-0.3, -0.25) is 9.69 Å². The third kappa shape index (κ3) is 3.06. The van der Waals surface area contributed by atoms with Crippen LogP contribution in [-0.4, -0.2) is 37.4 Å². The predicted octanol–water partition coefficient (Wildman–Crippen LogP) is 2.06. The first-order valence-electron chi connectivity index (χ1n) is 5.95. The number of halogens is 4. The topological polar surface area (TPSA) is 61.4 Å². The molecule has 0 radical (unpaired) electrons. The third-order valence-electron chi connectivity index (χ3n) is 2.87. The van der Waals surface area contributed by atoms with Crippen LogP contribution in [0.4, 0.5) is 33.7 Å². The number of hydrogen-bond donors (Lipinski definition) is 2. The molecule has 1 aliphatic heterocycles. The predicted molar refractivity (Wildman–Crippen MR) is 66.8 cm³/mol. The number of carbonyl (C=O) groups is 2. The number of alkyl halides is 4. The van der Waals surface area contributed by atoms with Gasteiger partial charge in [0.25, 0.3) is 0 Å². The molecular weight excluding hydrogens is 294 g/mol. The van der Waals surface area contributed by atoms with E-state index in [0.29, 0.717) is 18.8 Å². The molecule has 1 fully saturated rings. The van der Waals surface area contributed by atoms with Crippen molar-refractivity contribution in [1.29, 1.82) is 0 Å². The molecule has 0 unspecified atom stereocenters. The SMILES string of the molecule is O=C1NCCN1c1ccc(NC(=O)C(F)(F)C(F)F)cc1. The fourth-order valence-electron chi connectivity index (χ4n) is 1.76. The molecule has 0 saturated carbocycles. The summed E-state index contributed by atoms with van der Waals surface area (Å²) < 4.78 is 49.6. The van der Waals surface area contributed by atoms with Crippen LogP contribution in [0, 0.1) is 0 Å². The quantitative estimate of drug-likeness (QED) is 0.836. The Kier molecular flexibility index (Phi) is 4.01. The number of urea groups is 1. The molecule has 2 N–H and O–H groups in total. The zero-order valence-electron chi connectivity index (χ0n) is 10.6. The molecular formula is C12H11F4N3O2. The first-order valence-corrected chi connectivity index (χ1v) is 5.95. The van der Waals surface area contributed by atoms with Crippen molar-refractivity contribution in [2.75, 3.05) is 23.3 Å². The van der Waals surface area contributed by atoms with Gasteiger partial charge in [0.1, 0.15) is 0 Å². The van der Waals surface area contributed by atoms with E-state index >= 15 is 0 Å². The van der Waals surface area contributed by atoms with Gasteiger partial charge in [-0.25, -0.2) is 13.6 Å². The van der Waals surface area contributed by atoms with Crippen molar-refractivity contribution in [3.8, 4) is 0 Å². The summed E-state index contributed by atoms with van der Waals surface area (Å²) in [6, 6.07) is 5.04. The van der Waals surface area contributed by atoms with E-state index in [4.69, 9.17) is 0 Å². The number of carbonyl (C=O) groups excluding carboxylic acids is 2. The Morgan fingerprint density at radius 1 is 1.29 bits per heavy atom. The fraction of sp³-hybridized carbons (Fsp3) is 0.333. The Balaban J connectivity index is 2.06. The van der Waals surface area contributed by atoms with Gasteiger partial charge >= 0.3 is 24.3 Å². The third-order valence-corrected chi connectivity index (χ3v) is 2.87. The Hall–Kier alpha value is -2.32. The van der Waals surface area contributed by atoms with Crippen molar-refractivity contribution >= 4 is 23.3 Å². The van der Waals surface area contributed by atoms with Gasteiger partial charge in [0.15, 0.2) is 0 Å². The molecule has 5 nitrogen and oxygen atoms in total. The molecule has 1 aliphatic rings. The number of nitrogens with one attached hydrogen (secondary N) is 2. The first-order chi connectivity index (χ1) is 9.82. The molecule has 1 aromatic rings. The molecule has 0 atom stereocenters. The minimum Gasteiger partial charge on any atom is -0.336 e. The van der Waals surface area contributed by atoms with Crippen molar-refractivity contribution < 1.29 is 27.2 Å². The Bertz CT molecular complexity index is 548. The Morgan fingerprint density at radius 2 is 1.90 bits per heavy atom. The second-order valence-electron chi connectivity index (χ2n) is 4.31. The maximum Gasteiger partial charge on any atom is 0.383 e. The summed E-state index contributed by atoms with van der Waals surface area (Å²) in [4.78, 5) is 23.9. The van der Waals surface area contributed by atoms with Gasteiger partial charge in [-0.15, -0.1) is 0 Å². The summed E-state index contributed by atoms with van der Waals surface area (Å²) in [5.74, 6) is -6.84. The van der Waals surface area contributed by atoms with Gasteiger partial charge in [-0.1, -0.05) is 0 Å². The number of benzene rings is 1. The van der Waals surface area contributed by atoms with E-state index in [1.807, 2.05) is 0 Å². The summed E-state index contributed by atoms with van der Waals surface area (Å²) in [6.07, 6.45) is -4.08. The van der Waals surface area contributed by atoms with E-state index in [1.54, 1.807) is 5.32 Å². The fourth-order valence-corrected chi connectivity index (χ4v) is 1.76. The van der Waals surface area contributed by atoms with Crippen LogP contribution in [0.1, 0.15) is 0 Å². The van der Waals surface area contributed by atoms with Crippen molar-refractivity contribution in [3.05, 3.63) is 24.3 Å². The van der Waals surface area contributed by atoms with Crippen molar-refractivity contribution in [2.24, 2.45) is 0 Å². The van der Waals surface area contributed by atoms with Gasteiger partial charge in [-0.2, -0.15) is 8.78 Å². The molecule has 1 saturated heterocycles. The second-order valence-corrected chi connectivity index (χ2v) is 4.31.